The largest absolute Gasteiger partial charge is 0.295 e. The molecule has 1 heterocycles. The Kier molecular flexibility index (Phi) is 3.80. The maximum atomic E-state index is 8.98. The molecule has 2 aromatic rings. The monoisotopic (exact) mass is 262 g/mol. The van der Waals surface area contributed by atoms with Crippen LogP contribution in [0.4, 0.5) is 0 Å². The average Bonchev–Trinajstić information content (AvgIpc) is 2.69. The summed E-state index contributed by atoms with van der Waals surface area (Å²) in [5, 5.41) is 8.98. The van der Waals surface area contributed by atoms with E-state index >= 15 is 0 Å². The van der Waals surface area contributed by atoms with Gasteiger partial charge in [0.1, 0.15) is 0 Å². The van der Waals surface area contributed by atoms with E-state index in [1.165, 1.54) is 29.5 Å². The van der Waals surface area contributed by atoms with Crippen LogP contribution >= 0.6 is 0 Å². The van der Waals surface area contributed by atoms with Gasteiger partial charge in [0.25, 0.3) is 0 Å². The number of rotatable bonds is 2. The van der Waals surface area contributed by atoms with E-state index in [1.807, 2.05) is 18.2 Å². The fraction of sp³-hybridized carbons (Fsp3) is 0.278. The molecular weight excluding hydrogens is 244 g/mol. The molecule has 2 aromatic carbocycles. The first-order valence-corrected chi connectivity index (χ1v) is 7.13. The van der Waals surface area contributed by atoms with Crippen LogP contribution < -0.4 is 0 Å². The van der Waals surface area contributed by atoms with Gasteiger partial charge in [0, 0.05) is 13.1 Å². The first kappa shape index (κ1) is 12.9. The van der Waals surface area contributed by atoms with Gasteiger partial charge in [-0.1, -0.05) is 36.4 Å². The van der Waals surface area contributed by atoms with Crippen LogP contribution in [-0.2, 0) is 19.5 Å². The highest BCUT2D eigenvalue weighted by Crippen LogP contribution is 2.20. The molecule has 0 spiro atoms. The first-order valence-electron chi connectivity index (χ1n) is 7.13. The van der Waals surface area contributed by atoms with Gasteiger partial charge in [0.2, 0.25) is 0 Å². The molecule has 0 aliphatic carbocycles. The molecule has 1 aliphatic heterocycles. The zero-order chi connectivity index (χ0) is 13.8. The number of fused-ring (bicyclic) bond motifs is 1. The van der Waals surface area contributed by atoms with Crippen LogP contribution in [0.15, 0.2) is 48.5 Å². The summed E-state index contributed by atoms with van der Waals surface area (Å²) < 4.78 is 0. The molecule has 0 atom stereocenters. The Hall–Kier alpha value is -2.11. The molecule has 0 amide bonds. The molecule has 20 heavy (non-hydrogen) atoms. The van der Waals surface area contributed by atoms with Crippen molar-refractivity contribution < 1.29 is 0 Å². The van der Waals surface area contributed by atoms with E-state index < -0.39 is 0 Å². The van der Waals surface area contributed by atoms with Gasteiger partial charge in [-0.25, -0.2) is 0 Å². The molecular formula is C18H18N2. The highest BCUT2D eigenvalue weighted by Gasteiger charge is 2.14. The molecule has 0 saturated carbocycles. The summed E-state index contributed by atoms with van der Waals surface area (Å²) in [6, 6.07) is 18.9. The highest BCUT2D eigenvalue weighted by molar-refractivity contribution is 5.33. The van der Waals surface area contributed by atoms with Gasteiger partial charge in [-0.2, -0.15) is 5.26 Å². The van der Waals surface area contributed by atoms with E-state index in [1.54, 1.807) is 0 Å². The Bertz CT molecular complexity index is 640. The van der Waals surface area contributed by atoms with Gasteiger partial charge in [-0.15, -0.1) is 0 Å². The molecule has 0 unspecified atom stereocenters. The second-order valence-corrected chi connectivity index (χ2v) is 5.40. The van der Waals surface area contributed by atoms with Crippen molar-refractivity contribution in [2.24, 2.45) is 0 Å². The lowest BCUT2D eigenvalue weighted by Crippen LogP contribution is -2.22. The van der Waals surface area contributed by atoms with Gasteiger partial charge >= 0.3 is 0 Å². The minimum atomic E-state index is 0.748. The normalized spacial score (nSPS) is 15.2. The average molecular weight is 262 g/mol. The lowest BCUT2D eigenvalue weighted by molar-refractivity contribution is 0.261. The predicted molar refractivity (Wildman–Crippen MR) is 80.0 cm³/mol. The number of nitrogens with zero attached hydrogens (tertiary/aromatic N) is 2. The fourth-order valence-corrected chi connectivity index (χ4v) is 2.90. The number of benzene rings is 2. The SMILES string of the molecule is N#Cc1cccc(CN2CCCc3ccccc3C2)c1. The molecule has 3 rings (SSSR count). The van der Waals surface area contributed by atoms with Gasteiger partial charge in [0.15, 0.2) is 0 Å². The summed E-state index contributed by atoms with van der Waals surface area (Å²) in [6.07, 6.45) is 2.37. The van der Waals surface area contributed by atoms with Gasteiger partial charge in [-0.3, -0.25) is 4.90 Å². The van der Waals surface area contributed by atoms with Crippen LogP contribution in [0.25, 0.3) is 0 Å². The summed E-state index contributed by atoms with van der Waals surface area (Å²) in [5.74, 6) is 0. The number of hydrogen-bond acceptors (Lipinski definition) is 2. The summed E-state index contributed by atoms with van der Waals surface area (Å²) in [4.78, 5) is 2.47. The molecule has 100 valence electrons. The van der Waals surface area contributed by atoms with E-state index in [0.29, 0.717) is 0 Å². The summed E-state index contributed by atoms with van der Waals surface area (Å²) in [7, 11) is 0. The molecule has 2 heteroatoms. The molecule has 0 bridgehead atoms. The molecule has 0 fully saturated rings. The van der Waals surface area contributed by atoms with Crippen LogP contribution in [0.5, 0.6) is 0 Å². The van der Waals surface area contributed by atoms with Crippen LogP contribution in [0.1, 0.15) is 28.7 Å². The van der Waals surface area contributed by atoms with Crippen LogP contribution in [-0.4, -0.2) is 11.4 Å². The standard InChI is InChI=1S/C18H18N2/c19-12-15-5-3-6-16(11-15)13-20-10-4-9-17-7-1-2-8-18(17)14-20/h1-3,5-8,11H,4,9-10,13-14H2. The lowest BCUT2D eigenvalue weighted by Gasteiger charge is -2.20. The van der Waals surface area contributed by atoms with Gasteiger partial charge in [0.05, 0.1) is 11.6 Å². The van der Waals surface area contributed by atoms with Crippen molar-refractivity contribution >= 4 is 0 Å². The molecule has 0 saturated heterocycles. The summed E-state index contributed by atoms with van der Waals surface area (Å²) in [5.41, 5.74) is 4.91. The van der Waals surface area contributed by atoms with Crippen molar-refractivity contribution in [2.75, 3.05) is 6.54 Å². The number of nitriles is 1. The predicted octanol–water partition coefficient (Wildman–Crippen LogP) is 3.51. The quantitative estimate of drug-likeness (QED) is 0.828. The van der Waals surface area contributed by atoms with Crippen molar-refractivity contribution in [3.63, 3.8) is 0 Å². The van der Waals surface area contributed by atoms with E-state index in [0.717, 1.165) is 25.2 Å². The van der Waals surface area contributed by atoms with Gasteiger partial charge < -0.3 is 0 Å². The lowest BCUT2D eigenvalue weighted by atomic mass is 10.0. The van der Waals surface area contributed by atoms with Crippen molar-refractivity contribution in [3.8, 4) is 6.07 Å². The molecule has 1 aliphatic rings. The maximum Gasteiger partial charge on any atom is 0.0991 e. The molecule has 0 radical (unpaired) electrons. The van der Waals surface area contributed by atoms with E-state index in [4.69, 9.17) is 5.26 Å². The Morgan fingerprint density at radius 3 is 2.75 bits per heavy atom. The Labute approximate surface area is 120 Å². The smallest absolute Gasteiger partial charge is 0.0991 e. The van der Waals surface area contributed by atoms with E-state index in [-0.39, 0.29) is 0 Å². The van der Waals surface area contributed by atoms with Crippen molar-refractivity contribution in [1.29, 1.82) is 5.26 Å². The zero-order valence-corrected chi connectivity index (χ0v) is 11.5. The Morgan fingerprint density at radius 2 is 1.90 bits per heavy atom. The molecule has 0 aromatic heterocycles. The van der Waals surface area contributed by atoms with E-state index in [2.05, 4.69) is 41.3 Å². The minimum absolute atomic E-state index is 0.748. The minimum Gasteiger partial charge on any atom is -0.295 e. The number of aryl methyl sites for hydroxylation is 1. The van der Waals surface area contributed by atoms with Crippen molar-refractivity contribution in [1.82, 2.24) is 4.90 Å². The highest BCUT2D eigenvalue weighted by atomic mass is 15.1. The third-order valence-corrected chi connectivity index (χ3v) is 3.90. The van der Waals surface area contributed by atoms with Crippen LogP contribution in [0, 0.1) is 11.3 Å². The number of hydrogen-bond donors (Lipinski definition) is 0. The Morgan fingerprint density at radius 1 is 1.05 bits per heavy atom. The second-order valence-electron chi connectivity index (χ2n) is 5.40. The second kappa shape index (κ2) is 5.90. The van der Waals surface area contributed by atoms with Gasteiger partial charge in [-0.05, 0) is 48.2 Å². The fourth-order valence-electron chi connectivity index (χ4n) is 2.90. The topological polar surface area (TPSA) is 27.0 Å². The third-order valence-electron chi connectivity index (χ3n) is 3.90. The van der Waals surface area contributed by atoms with Crippen molar-refractivity contribution in [2.45, 2.75) is 25.9 Å². The molecule has 0 N–H and O–H groups in total. The first-order chi connectivity index (χ1) is 9.85. The van der Waals surface area contributed by atoms with Crippen LogP contribution in [0.3, 0.4) is 0 Å². The zero-order valence-electron chi connectivity index (χ0n) is 11.5. The van der Waals surface area contributed by atoms with E-state index in [9.17, 15) is 0 Å². The Balaban J connectivity index is 1.77. The summed E-state index contributed by atoms with van der Waals surface area (Å²) >= 11 is 0. The third kappa shape index (κ3) is 2.89. The maximum absolute atomic E-state index is 8.98. The molecule has 2 nitrogen and oxygen atoms in total. The van der Waals surface area contributed by atoms with Crippen molar-refractivity contribution in [3.05, 3.63) is 70.8 Å². The van der Waals surface area contributed by atoms with Crippen LogP contribution in [0.2, 0.25) is 0 Å². The summed E-state index contributed by atoms with van der Waals surface area (Å²) in [6.45, 7) is 3.04.